The SMILES string of the molecule is C=C/C=C(\C=C)C(=O)C(/C=C\C)=C/C=C\C.CC. The first-order valence-electron chi connectivity index (χ1n) is 6.16. The minimum Gasteiger partial charge on any atom is -0.289 e. The third-order valence-corrected chi connectivity index (χ3v) is 1.86. The molecule has 0 saturated heterocycles. The van der Waals surface area contributed by atoms with Gasteiger partial charge in [0.25, 0.3) is 0 Å². The van der Waals surface area contributed by atoms with Crippen LogP contribution in [0.25, 0.3) is 0 Å². The number of Topliss-reactive ketones (excluding diaryl/α,β-unsaturated/α-hetero) is 1. The topological polar surface area (TPSA) is 17.1 Å². The van der Waals surface area contributed by atoms with Gasteiger partial charge in [-0.15, -0.1) is 0 Å². The van der Waals surface area contributed by atoms with Crippen LogP contribution in [0.1, 0.15) is 27.7 Å². The second-order valence-electron chi connectivity index (χ2n) is 3.04. The summed E-state index contributed by atoms with van der Waals surface area (Å²) >= 11 is 0. The number of rotatable bonds is 6. The molecular formula is C17H24O. The van der Waals surface area contributed by atoms with Crippen molar-refractivity contribution in [2.45, 2.75) is 27.7 Å². The van der Waals surface area contributed by atoms with Crippen molar-refractivity contribution in [2.24, 2.45) is 0 Å². The summed E-state index contributed by atoms with van der Waals surface area (Å²) in [4.78, 5) is 12.0. The Morgan fingerprint density at radius 3 is 1.94 bits per heavy atom. The Balaban J connectivity index is 0. The van der Waals surface area contributed by atoms with Crippen molar-refractivity contribution in [1.29, 1.82) is 0 Å². The highest BCUT2D eigenvalue weighted by molar-refractivity contribution is 6.12. The Labute approximate surface area is 112 Å². The van der Waals surface area contributed by atoms with Gasteiger partial charge >= 0.3 is 0 Å². The standard InChI is InChI=1S/C15H18O.C2H6/c1-5-9-12-14(11-7-3)15(16)13(8-4)10-6-2;1-2/h5-12H,2,4H2,1,3H3;1-2H3/b9-5-,11-7-,13-10+,14-12+;. The first-order valence-corrected chi connectivity index (χ1v) is 6.16. The van der Waals surface area contributed by atoms with E-state index in [1.54, 1.807) is 24.3 Å². The van der Waals surface area contributed by atoms with Crippen molar-refractivity contribution in [3.8, 4) is 0 Å². The van der Waals surface area contributed by atoms with Crippen LogP contribution in [0.3, 0.4) is 0 Å². The lowest BCUT2D eigenvalue weighted by molar-refractivity contribution is -0.111. The van der Waals surface area contributed by atoms with Crippen LogP contribution in [0.15, 0.2) is 72.9 Å². The Morgan fingerprint density at radius 2 is 1.56 bits per heavy atom. The van der Waals surface area contributed by atoms with Gasteiger partial charge in [-0.25, -0.2) is 0 Å². The van der Waals surface area contributed by atoms with Gasteiger partial charge in [-0.2, -0.15) is 0 Å². The molecule has 0 aliphatic heterocycles. The Morgan fingerprint density at radius 1 is 0.944 bits per heavy atom. The lowest BCUT2D eigenvalue weighted by Crippen LogP contribution is -2.02. The predicted octanol–water partition coefficient (Wildman–Crippen LogP) is 4.96. The van der Waals surface area contributed by atoms with Crippen molar-refractivity contribution in [1.82, 2.24) is 0 Å². The fourth-order valence-electron chi connectivity index (χ4n) is 1.12. The van der Waals surface area contributed by atoms with Crippen molar-refractivity contribution >= 4 is 5.78 Å². The number of hydrogen-bond acceptors (Lipinski definition) is 1. The molecule has 0 radical (unpaired) electrons. The number of hydrogen-bond donors (Lipinski definition) is 0. The van der Waals surface area contributed by atoms with E-state index in [2.05, 4.69) is 13.2 Å². The smallest absolute Gasteiger partial charge is 0.192 e. The van der Waals surface area contributed by atoms with Gasteiger partial charge in [-0.1, -0.05) is 75.6 Å². The molecule has 0 unspecified atom stereocenters. The Bertz CT molecular complexity index is 376. The molecule has 98 valence electrons. The van der Waals surface area contributed by atoms with E-state index in [0.29, 0.717) is 11.1 Å². The number of carbonyl (C=O) groups is 1. The maximum absolute atomic E-state index is 12.0. The third-order valence-electron chi connectivity index (χ3n) is 1.86. The van der Waals surface area contributed by atoms with E-state index < -0.39 is 0 Å². The quantitative estimate of drug-likeness (QED) is 0.477. The largest absolute Gasteiger partial charge is 0.289 e. The summed E-state index contributed by atoms with van der Waals surface area (Å²) in [5.41, 5.74) is 1.18. The average molecular weight is 244 g/mol. The van der Waals surface area contributed by atoms with E-state index in [-0.39, 0.29) is 5.78 Å². The van der Waals surface area contributed by atoms with Crippen molar-refractivity contribution in [3.05, 3.63) is 72.9 Å². The van der Waals surface area contributed by atoms with E-state index in [1.807, 2.05) is 45.9 Å². The normalized spacial score (nSPS) is 12.2. The molecule has 0 spiro atoms. The fourth-order valence-corrected chi connectivity index (χ4v) is 1.12. The molecule has 0 heterocycles. The number of carbonyl (C=O) groups excluding carboxylic acids is 1. The first kappa shape index (κ1) is 18.5. The lowest BCUT2D eigenvalue weighted by atomic mass is 10.0. The molecule has 0 saturated carbocycles. The average Bonchev–Trinajstić information content (AvgIpc) is 2.42. The van der Waals surface area contributed by atoms with Crippen LogP contribution in [0.4, 0.5) is 0 Å². The minimum absolute atomic E-state index is 0.0499. The molecule has 1 heteroatoms. The highest BCUT2D eigenvalue weighted by atomic mass is 16.1. The van der Waals surface area contributed by atoms with E-state index in [9.17, 15) is 4.79 Å². The van der Waals surface area contributed by atoms with E-state index in [4.69, 9.17) is 0 Å². The van der Waals surface area contributed by atoms with Crippen LogP contribution in [0.2, 0.25) is 0 Å². The molecule has 0 aliphatic carbocycles. The molecular weight excluding hydrogens is 220 g/mol. The molecule has 0 aromatic carbocycles. The molecule has 0 rings (SSSR count). The van der Waals surface area contributed by atoms with Gasteiger partial charge in [0.15, 0.2) is 5.78 Å². The second-order valence-corrected chi connectivity index (χ2v) is 3.04. The monoisotopic (exact) mass is 244 g/mol. The van der Waals surface area contributed by atoms with E-state index >= 15 is 0 Å². The maximum Gasteiger partial charge on any atom is 0.192 e. The molecule has 0 aromatic rings. The van der Waals surface area contributed by atoms with Crippen molar-refractivity contribution in [2.75, 3.05) is 0 Å². The summed E-state index contributed by atoms with van der Waals surface area (Å²) in [6, 6.07) is 0. The van der Waals surface area contributed by atoms with E-state index in [0.717, 1.165) is 0 Å². The van der Waals surface area contributed by atoms with Crippen LogP contribution < -0.4 is 0 Å². The molecule has 0 fully saturated rings. The fraction of sp³-hybridized carbons (Fsp3) is 0.235. The number of allylic oxidation sites excluding steroid dienone is 10. The van der Waals surface area contributed by atoms with Gasteiger partial charge in [0, 0.05) is 11.1 Å². The summed E-state index contributed by atoms with van der Waals surface area (Å²) < 4.78 is 0. The lowest BCUT2D eigenvalue weighted by Gasteiger charge is -2.01. The van der Waals surface area contributed by atoms with Crippen LogP contribution in [0.5, 0.6) is 0 Å². The molecule has 0 aromatic heterocycles. The Hall–Kier alpha value is -1.89. The van der Waals surface area contributed by atoms with Gasteiger partial charge in [0.2, 0.25) is 0 Å². The van der Waals surface area contributed by atoms with E-state index in [1.165, 1.54) is 6.08 Å². The van der Waals surface area contributed by atoms with Gasteiger partial charge in [0.05, 0.1) is 0 Å². The molecule has 0 atom stereocenters. The molecule has 0 amide bonds. The summed E-state index contributed by atoms with van der Waals surface area (Å²) in [6.45, 7) is 15.0. The predicted molar refractivity (Wildman–Crippen MR) is 82.5 cm³/mol. The summed E-state index contributed by atoms with van der Waals surface area (Å²) in [6.07, 6.45) is 13.9. The summed E-state index contributed by atoms with van der Waals surface area (Å²) in [5, 5.41) is 0. The van der Waals surface area contributed by atoms with Crippen LogP contribution in [0, 0.1) is 0 Å². The highest BCUT2D eigenvalue weighted by Gasteiger charge is 2.08. The molecule has 0 aliphatic rings. The van der Waals surface area contributed by atoms with Gasteiger partial charge < -0.3 is 0 Å². The van der Waals surface area contributed by atoms with Crippen LogP contribution in [-0.4, -0.2) is 5.78 Å². The van der Waals surface area contributed by atoms with Crippen molar-refractivity contribution in [3.63, 3.8) is 0 Å². The summed E-state index contributed by atoms with van der Waals surface area (Å²) in [5.74, 6) is -0.0499. The van der Waals surface area contributed by atoms with Crippen LogP contribution >= 0.6 is 0 Å². The second kappa shape index (κ2) is 13.2. The van der Waals surface area contributed by atoms with Gasteiger partial charge in [-0.3, -0.25) is 4.79 Å². The van der Waals surface area contributed by atoms with Gasteiger partial charge in [0.1, 0.15) is 0 Å². The zero-order valence-corrected chi connectivity index (χ0v) is 11.9. The molecule has 1 nitrogen and oxygen atoms in total. The van der Waals surface area contributed by atoms with Gasteiger partial charge in [-0.05, 0) is 13.8 Å². The molecule has 18 heavy (non-hydrogen) atoms. The third kappa shape index (κ3) is 7.39. The summed E-state index contributed by atoms with van der Waals surface area (Å²) in [7, 11) is 0. The van der Waals surface area contributed by atoms with Crippen LogP contribution in [-0.2, 0) is 4.79 Å². The maximum atomic E-state index is 12.0. The van der Waals surface area contributed by atoms with Crippen molar-refractivity contribution < 1.29 is 4.79 Å². The zero-order valence-electron chi connectivity index (χ0n) is 11.9. The first-order chi connectivity index (χ1) is 8.71. The minimum atomic E-state index is -0.0499. The molecule has 0 bridgehead atoms. The number of ketones is 1. The highest BCUT2D eigenvalue weighted by Crippen LogP contribution is 2.09. The molecule has 0 N–H and O–H groups in total. The Kier molecular flexibility index (Phi) is 13.5. The zero-order chi connectivity index (χ0) is 14.4.